The van der Waals surface area contributed by atoms with Crippen LogP contribution in [0.25, 0.3) is 0 Å². The lowest BCUT2D eigenvalue weighted by molar-refractivity contribution is -0.149. The Morgan fingerprint density at radius 2 is 2.30 bits per heavy atom. The summed E-state index contributed by atoms with van der Waals surface area (Å²) in [6.45, 7) is 1.87. The molecule has 0 saturated heterocycles. The number of aliphatic carboxylic acids is 1. The van der Waals surface area contributed by atoms with Crippen molar-refractivity contribution in [2.45, 2.75) is 25.3 Å². The molecule has 0 aromatic heterocycles. The van der Waals surface area contributed by atoms with Crippen LogP contribution >= 0.6 is 12.4 Å². The summed E-state index contributed by atoms with van der Waals surface area (Å²) in [4.78, 5) is 10.4. The fourth-order valence-corrected chi connectivity index (χ4v) is 1.06. The van der Waals surface area contributed by atoms with Crippen LogP contribution in [0.2, 0.25) is 0 Å². The van der Waals surface area contributed by atoms with Crippen molar-refractivity contribution >= 4 is 18.4 Å². The fourth-order valence-electron chi connectivity index (χ4n) is 1.06. The van der Waals surface area contributed by atoms with Gasteiger partial charge in [-0.3, -0.25) is 4.79 Å². The van der Waals surface area contributed by atoms with Crippen molar-refractivity contribution in [3.63, 3.8) is 0 Å². The highest BCUT2D eigenvalue weighted by Crippen LogP contribution is 2.35. The summed E-state index contributed by atoms with van der Waals surface area (Å²) in [7, 11) is 0. The maximum Gasteiger partial charge on any atom is 0.323 e. The molecule has 0 aromatic rings. The molecule has 0 spiro atoms. The van der Waals surface area contributed by atoms with E-state index in [2.05, 4.69) is 0 Å². The average Bonchev–Trinajstić information content (AvgIpc) is 1.82. The van der Waals surface area contributed by atoms with Crippen molar-refractivity contribution in [3.05, 3.63) is 0 Å². The van der Waals surface area contributed by atoms with Gasteiger partial charge in [0.25, 0.3) is 0 Å². The van der Waals surface area contributed by atoms with Gasteiger partial charge in [0.15, 0.2) is 0 Å². The first kappa shape index (κ1) is 9.72. The van der Waals surface area contributed by atoms with E-state index in [1.165, 1.54) is 0 Å². The molecule has 0 radical (unpaired) electrons. The lowest BCUT2D eigenvalue weighted by Crippen LogP contribution is -2.59. The molecule has 4 heteroatoms. The predicted molar refractivity (Wildman–Crippen MR) is 40.2 cm³/mol. The molecule has 0 amide bonds. The number of carboxylic acid groups (broad SMARTS) is 1. The van der Waals surface area contributed by atoms with Crippen molar-refractivity contribution < 1.29 is 9.90 Å². The summed E-state index contributed by atoms with van der Waals surface area (Å²) in [6.07, 6.45) is 1.58. The standard InChI is InChI=1S/C6H11NO2.ClH/c1-4-2-3-6(4,7)5(8)9;/h4H,2-3,7H2,1H3,(H,8,9);1H. The van der Waals surface area contributed by atoms with Crippen LogP contribution in [-0.2, 0) is 4.79 Å². The van der Waals surface area contributed by atoms with Gasteiger partial charge in [0.1, 0.15) is 5.54 Å². The summed E-state index contributed by atoms with van der Waals surface area (Å²) in [5, 5.41) is 8.54. The Kier molecular flexibility index (Phi) is 2.68. The first-order chi connectivity index (χ1) is 4.07. The van der Waals surface area contributed by atoms with Gasteiger partial charge in [-0.05, 0) is 18.8 Å². The van der Waals surface area contributed by atoms with Crippen molar-refractivity contribution in [1.29, 1.82) is 0 Å². The third-order valence-electron chi connectivity index (χ3n) is 2.27. The molecule has 2 unspecified atom stereocenters. The molecule has 1 saturated carbocycles. The smallest absolute Gasteiger partial charge is 0.323 e. The Morgan fingerprint density at radius 3 is 2.30 bits per heavy atom. The monoisotopic (exact) mass is 165 g/mol. The van der Waals surface area contributed by atoms with Gasteiger partial charge in [-0.25, -0.2) is 0 Å². The largest absolute Gasteiger partial charge is 0.480 e. The van der Waals surface area contributed by atoms with E-state index >= 15 is 0 Å². The van der Waals surface area contributed by atoms with Crippen molar-refractivity contribution in [2.75, 3.05) is 0 Å². The van der Waals surface area contributed by atoms with Gasteiger partial charge in [0.2, 0.25) is 0 Å². The van der Waals surface area contributed by atoms with Gasteiger partial charge in [0.05, 0.1) is 0 Å². The second-order valence-corrected chi connectivity index (χ2v) is 2.79. The highest BCUT2D eigenvalue weighted by atomic mass is 35.5. The molecule has 10 heavy (non-hydrogen) atoms. The summed E-state index contributed by atoms with van der Waals surface area (Å²) in [5.41, 5.74) is 4.59. The number of carbonyl (C=O) groups is 1. The topological polar surface area (TPSA) is 63.3 Å². The van der Waals surface area contributed by atoms with Gasteiger partial charge in [-0.2, -0.15) is 0 Å². The van der Waals surface area contributed by atoms with Crippen LogP contribution in [0.15, 0.2) is 0 Å². The Hall–Kier alpha value is -0.280. The fraction of sp³-hybridized carbons (Fsp3) is 0.833. The Labute approximate surface area is 66.0 Å². The van der Waals surface area contributed by atoms with E-state index in [4.69, 9.17) is 10.8 Å². The Bertz CT molecular complexity index is 151. The third-order valence-corrected chi connectivity index (χ3v) is 2.27. The molecule has 3 nitrogen and oxygen atoms in total. The zero-order valence-electron chi connectivity index (χ0n) is 5.83. The van der Waals surface area contributed by atoms with Crippen LogP contribution in [0.4, 0.5) is 0 Å². The van der Waals surface area contributed by atoms with Gasteiger partial charge in [-0.1, -0.05) is 6.92 Å². The van der Waals surface area contributed by atoms with Crippen LogP contribution < -0.4 is 5.73 Å². The van der Waals surface area contributed by atoms with Gasteiger partial charge in [0, 0.05) is 0 Å². The minimum Gasteiger partial charge on any atom is -0.480 e. The van der Waals surface area contributed by atoms with Crippen molar-refractivity contribution in [2.24, 2.45) is 11.7 Å². The molecule has 3 N–H and O–H groups in total. The predicted octanol–water partition coefficient (Wildman–Crippen LogP) is 0.620. The van der Waals surface area contributed by atoms with E-state index in [1.54, 1.807) is 0 Å². The molecule has 2 atom stereocenters. The quantitative estimate of drug-likeness (QED) is 0.599. The summed E-state index contributed by atoms with van der Waals surface area (Å²) in [5.74, 6) is -0.712. The number of halogens is 1. The van der Waals surface area contributed by atoms with E-state index < -0.39 is 11.5 Å². The first-order valence-corrected chi connectivity index (χ1v) is 3.09. The van der Waals surface area contributed by atoms with Crippen LogP contribution in [0.5, 0.6) is 0 Å². The highest BCUT2D eigenvalue weighted by molar-refractivity contribution is 5.85. The summed E-state index contributed by atoms with van der Waals surface area (Å²) < 4.78 is 0. The van der Waals surface area contributed by atoms with Crippen molar-refractivity contribution in [3.8, 4) is 0 Å². The molecule has 1 rings (SSSR count). The van der Waals surface area contributed by atoms with Crippen LogP contribution in [-0.4, -0.2) is 16.6 Å². The molecule has 0 aromatic carbocycles. The third kappa shape index (κ3) is 1.11. The minimum atomic E-state index is -0.903. The molecule has 1 aliphatic rings. The normalized spacial score (nSPS) is 37.6. The first-order valence-electron chi connectivity index (χ1n) is 3.09. The Balaban J connectivity index is 0.000000810. The summed E-state index contributed by atoms with van der Waals surface area (Å²) in [6, 6.07) is 0. The molecule has 0 heterocycles. The number of hydrogen-bond donors (Lipinski definition) is 2. The summed E-state index contributed by atoms with van der Waals surface area (Å²) >= 11 is 0. The number of rotatable bonds is 1. The minimum absolute atomic E-state index is 0. The zero-order chi connectivity index (χ0) is 7.07. The zero-order valence-corrected chi connectivity index (χ0v) is 6.65. The molecule has 0 aliphatic heterocycles. The maximum atomic E-state index is 10.4. The van der Waals surface area contributed by atoms with Gasteiger partial charge >= 0.3 is 5.97 Å². The SMILES string of the molecule is CC1CCC1(N)C(=O)O.Cl. The molecule has 0 bridgehead atoms. The highest BCUT2D eigenvalue weighted by Gasteiger charge is 2.46. The van der Waals surface area contributed by atoms with E-state index in [-0.39, 0.29) is 18.3 Å². The number of hydrogen-bond acceptors (Lipinski definition) is 2. The average molecular weight is 166 g/mol. The molecule has 1 fully saturated rings. The lowest BCUT2D eigenvalue weighted by atomic mass is 9.68. The second kappa shape index (κ2) is 2.76. The number of nitrogens with two attached hydrogens (primary N) is 1. The van der Waals surface area contributed by atoms with Gasteiger partial charge in [-0.15, -0.1) is 12.4 Å². The molecule has 1 aliphatic carbocycles. The molecular weight excluding hydrogens is 154 g/mol. The van der Waals surface area contributed by atoms with E-state index in [1.807, 2.05) is 6.92 Å². The van der Waals surface area contributed by atoms with Gasteiger partial charge < -0.3 is 10.8 Å². The van der Waals surface area contributed by atoms with Crippen LogP contribution in [0, 0.1) is 5.92 Å². The van der Waals surface area contributed by atoms with E-state index in [0.717, 1.165) is 6.42 Å². The molecule has 60 valence electrons. The van der Waals surface area contributed by atoms with Crippen LogP contribution in [0.3, 0.4) is 0 Å². The van der Waals surface area contributed by atoms with Crippen LogP contribution in [0.1, 0.15) is 19.8 Å². The Morgan fingerprint density at radius 1 is 1.80 bits per heavy atom. The lowest BCUT2D eigenvalue weighted by Gasteiger charge is -2.40. The van der Waals surface area contributed by atoms with E-state index in [9.17, 15) is 4.79 Å². The number of carboxylic acids is 1. The van der Waals surface area contributed by atoms with E-state index in [0.29, 0.717) is 6.42 Å². The molecular formula is C6H12ClNO2. The second-order valence-electron chi connectivity index (χ2n) is 2.79. The maximum absolute atomic E-state index is 10.4. The van der Waals surface area contributed by atoms with Crippen molar-refractivity contribution in [1.82, 2.24) is 0 Å².